The first kappa shape index (κ1) is 11.8. The van der Waals surface area contributed by atoms with Crippen LogP contribution in [0, 0.1) is 12.8 Å². The molecule has 3 nitrogen and oxygen atoms in total. The number of aromatic nitrogens is 1. The molecule has 15 heavy (non-hydrogen) atoms. The van der Waals surface area contributed by atoms with Crippen molar-refractivity contribution in [3.05, 3.63) is 17.8 Å². The van der Waals surface area contributed by atoms with Gasteiger partial charge in [-0.3, -0.25) is 0 Å². The topological polar surface area (TPSA) is 50.9 Å². The SMILES string of the molecule is CCC(Nc1nc(C)ccc1N)C(C)C. The Bertz CT molecular complexity index is 321. The van der Waals surface area contributed by atoms with Crippen LogP contribution in [0.3, 0.4) is 0 Å². The van der Waals surface area contributed by atoms with Crippen LogP contribution in [0.15, 0.2) is 12.1 Å². The number of aryl methyl sites for hydroxylation is 1. The molecule has 1 aromatic rings. The van der Waals surface area contributed by atoms with Crippen LogP contribution in [-0.2, 0) is 0 Å². The van der Waals surface area contributed by atoms with Crippen LogP contribution in [0.4, 0.5) is 11.5 Å². The lowest BCUT2D eigenvalue weighted by Gasteiger charge is -2.22. The highest BCUT2D eigenvalue weighted by Gasteiger charge is 2.12. The molecular weight excluding hydrogens is 186 g/mol. The summed E-state index contributed by atoms with van der Waals surface area (Å²) in [5.74, 6) is 1.40. The average Bonchev–Trinajstić information content (AvgIpc) is 2.18. The van der Waals surface area contributed by atoms with E-state index in [1.807, 2.05) is 19.1 Å². The Morgan fingerprint density at radius 1 is 1.40 bits per heavy atom. The number of pyridine rings is 1. The number of hydrogen-bond acceptors (Lipinski definition) is 3. The molecule has 3 heteroatoms. The molecule has 84 valence electrons. The molecule has 0 spiro atoms. The summed E-state index contributed by atoms with van der Waals surface area (Å²) < 4.78 is 0. The van der Waals surface area contributed by atoms with E-state index in [-0.39, 0.29) is 0 Å². The van der Waals surface area contributed by atoms with Gasteiger partial charge in [0.1, 0.15) is 5.82 Å². The first-order chi connectivity index (χ1) is 7.04. The molecule has 1 unspecified atom stereocenters. The third kappa shape index (κ3) is 3.11. The molecule has 0 bridgehead atoms. The summed E-state index contributed by atoms with van der Waals surface area (Å²) in [6.45, 7) is 8.55. The number of rotatable bonds is 4. The van der Waals surface area contributed by atoms with Gasteiger partial charge in [0.2, 0.25) is 0 Å². The zero-order chi connectivity index (χ0) is 11.4. The van der Waals surface area contributed by atoms with Crippen LogP contribution in [0.25, 0.3) is 0 Å². The summed E-state index contributed by atoms with van der Waals surface area (Å²) in [5.41, 5.74) is 7.58. The molecule has 0 aliphatic carbocycles. The monoisotopic (exact) mass is 207 g/mol. The molecule has 0 aliphatic heterocycles. The standard InChI is InChI=1S/C12H21N3/c1-5-11(8(2)3)15-12-10(13)7-6-9(4)14-12/h6-8,11H,5,13H2,1-4H3,(H,14,15). The van der Waals surface area contributed by atoms with E-state index in [9.17, 15) is 0 Å². The van der Waals surface area contributed by atoms with E-state index in [1.165, 1.54) is 0 Å². The number of hydrogen-bond donors (Lipinski definition) is 2. The summed E-state index contributed by atoms with van der Waals surface area (Å²) >= 11 is 0. The molecular formula is C12H21N3. The fraction of sp³-hybridized carbons (Fsp3) is 0.583. The zero-order valence-electron chi connectivity index (χ0n) is 10.0. The summed E-state index contributed by atoms with van der Waals surface area (Å²) in [7, 11) is 0. The van der Waals surface area contributed by atoms with Gasteiger partial charge in [0.15, 0.2) is 0 Å². The van der Waals surface area contributed by atoms with Crippen molar-refractivity contribution in [3.63, 3.8) is 0 Å². The maximum absolute atomic E-state index is 5.87. The van der Waals surface area contributed by atoms with Crippen LogP contribution in [0.2, 0.25) is 0 Å². The molecule has 0 aromatic carbocycles. The van der Waals surface area contributed by atoms with Crippen molar-refractivity contribution >= 4 is 11.5 Å². The largest absolute Gasteiger partial charge is 0.396 e. The molecule has 0 radical (unpaired) electrons. The Hall–Kier alpha value is -1.25. The number of nitrogens with two attached hydrogens (primary N) is 1. The fourth-order valence-electron chi connectivity index (χ4n) is 1.60. The third-order valence-corrected chi connectivity index (χ3v) is 2.63. The van der Waals surface area contributed by atoms with Crippen LogP contribution in [0.5, 0.6) is 0 Å². The maximum Gasteiger partial charge on any atom is 0.149 e. The van der Waals surface area contributed by atoms with E-state index < -0.39 is 0 Å². The molecule has 0 saturated carbocycles. The molecule has 0 fully saturated rings. The van der Waals surface area contributed by atoms with E-state index in [2.05, 4.69) is 31.1 Å². The summed E-state index contributed by atoms with van der Waals surface area (Å²) in [6.07, 6.45) is 1.08. The van der Waals surface area contributed by atoms with Crippen LogP contribution in [-0.4, -0.2) is 11.0 Å². The highest BCUT2D eigenvalue weighted by Crippen LogP contribution is 2.19. The lowest BCUT2D eigenvalue weighted by atomic mass is 10.0. The number of nitrogens with zero attached hydrogens (tertiary/aromatic N) is 1. The van der Waals surface area contributed by atoms with Gasteiger partial charge in [-0.2, -0.15) is 0 Å². The minimum Gasteiger partial charge on any atom is -0.396 e. The second kappa shape index (κ2) is 5.01. The van der Waals surface area contributed by atoms with Gasteiger partial charge in [0, 0.05) is 11.7 Å². The Kier molecular flexibility index (Phi) is 3.95. The smallest absolute Gasteiger partial charge is 0.149 e. The van der Waals surface area contributed by atoms with Crippen molar-refractivity contribution < 1.29 is 0 Å². The lowest BCUT2D eigenvalue weighted by molar-refractivity contribution is 0.510. The molecule has 1 rings (SSSR count). The van der Waals surface area contributed by atoms with Crippen LogP contribution < -0.4 is 11.1 Å². The normalized spacial score (nSPS) is 12.9. The molecule has 1 aromatic heterocycles. The second-order valence-corrected chi connectivity index (χ2v) is 4.29. The first-order valence-electron chi connectivity index (χ1n) is 5.54. The predicted octanol–water partition coefficient (Wildman–Crippen LogP) is 2.82. The number of nitrogens with one attached hydrogen (secondary N) is 1. The van der Waals surface area contributed by atoms with Crippen molar-refractivity contribution in [3.8, 4) is 0 Å². The minimum absolute atomic E-state index is 0.432. The average molecular weight is 207 g/mol. The summed E-state index contributed by atoms with van der Waals surface area (Å²) in [5, 5.41) is 3.40. The molecule has 0 amide bonds. The van der Waals surface area contributed by atoms with Gasteiger partial charge in [-0.1, -0.05) is 20.8 Å². The van der Waals surface area contributed by atoms with Gasteiger partial charge in [0.25, 0.3) is 0 Å². The van der Waals surface area contributed by atoms with Crippen molar-refractivity contribution in [2.75, 3.05) is 11.1 Å². The van der Waals surface area contributed by atoms with Crippen molar-refractivity contribution in [2.45, 2.75) is 40.2 Å². The Balaban J connectivity index is 2.82. The Morgan fingerprint density at radius 2 is 2.07 bits per heavy atom. The Labute approximate surface area is 92.1 Å². The van der Waals surface area contributed by atoms with Gasteiger partial charge in [-0.05, 0) is 31.4 Å². The van der Waals surface area contributed by atoms with E-state index in [1.54, 1.807) is 0 Å². The first-order valence-corrected chi connectivity index (χ1v) is 5.54. The minimum atomic E-state index is 0.432. The molecule has 3 N–H and O–H groups in total. The second-order valence-electron chi connectivity index (χ2n) is 4.29. The fourth-order valence-corrected chi connectivity index (χ4v) is 1.60. The van der Waals surface area contributed by atoms with E-state index in [0.29, 0.717) is 12.0 Å². The highest BCUT2D eigenvalue weighted by molar-refractivity contribution is 5.61. The van der Waals surface area contributed by atoms with Crippen molar-refractivity contribution in [2.24, 2.45) is 5.92 Å². The number of anilines is 2. The summed E-state index contributed by atoms with van der Waals surface area (Å²) in [6, 6.07) is 4.26. The van der Waals surface area contributed by atoms with Gasteiger partial charge in [-0.15, -0.1) is 0 Å². The van der Waals surface area contributed by atoms with E-state index >= 15 is 0 Å². The van der Waals surface area contributed by atoms with Crippen molar-refractivity contribution in [1.82, 2.24) is 4.98 Å². The van der Waals surface area contributed by atoms with E-state index in [4.69, 9.17) is 5.73 Å². The third-order valence-electron chi connectivity index (χ3n) is 2.63. The molecule has 0 aliphatic rings. The predicted molar refractivity (Wildman–Crippen MR) is 65.9 cm³/mol. The van der Waals surface area contributed by atoms with Gasteiger partial charge >= 0.3 is 0 Å². The zero-order valence-corrected chi connectivity index (χ0v) is 10.0. The molecule has 1 heterocycles. The van der Waals surface area contributed by atoms with Crippen LogP contribution in [0.1, 0.15) is 32.9 Å². The maximum atomic E-state index is 5.87. The lowest BCUT2D eigenvalue weighted by Crippen LogP contribution is -2.25. The summed E-state index contributed by atoms with van der Waals surface area (Å²) in [4.78, 5) is 4.41. The molecule has 1 atom stereocenters. The van der Waals surface area contributed by atoms with Crippen LogP contribution >= 0.6 is 0 Å². The molecule has 0 saturated heterocycles. The van der Waals surface area contributed by atoms with Crippen molar-refractivity contribution in [1.29, 1.82) is 0 Å². The Morgan fingerprint density at radius 3 is 2.60 bits per heavy atom. The number of nitrogen functional groups attached to an aromatic ring is 1. The van der Waals surface area contributed by atoms with E-state index in [0.717, 1.165) is 23.6 Å². The van der Waals surface area contributed by atoms with Gasteiger partial charge in [-0.25, -0.2) is 4.98 Å². The quantitative estimate of drug-likeness (QED) is 0.798. The van der Waals surface area contributed by atoms with Gasteiger partial charge < -0.3 is 11.1 Å². The van der Waals surface area contributed by atoms with Gasteiger partial charge in [0.05, 0.1) is 5.69 Å². The highest BCUT2D eigenvalue weighted by atomic mass is 15.0.